The molecule has 0 atom stereocenters. The number of hydrogen-bond donors (Lipinski definition) is 0. The van der Waals surface area contributed by atoms with E-state index < -0.39 is 0 Å². The summed E-state index contributed by atoms with van der Waals surface area (Å²) in [5.74, 6) is 1.50. The Bertz CT molecular complexity index is 562. The van der Waals surface area contributed by atoms with Crippen molar-refractivity contribution < 1.29 is 14.3 Å². The van der Waals surface area contributed by atoms with Gasteiger partial charge < -0.3 is 14.4 Å². The fraction of sp³-hybridized carbons (Fsp3) is 0.550. The molecule has 24 heavy (non-hydrogen) atoms. The molecule has 1 aromatic rings. The molecule has 0 aromatic heterocycles. The van der Waals surface area contributed by atoms with Crippen molar-refractivity contribution in [2.75, 3.05) is 20.3 Å². The molecule has 1 aliphatic rings. The van der Waals surface area contributed by atoms with E-state index in [1.165, 1.54) is 19.3 Å². The first-order chi connectivity index (χ1) is 11.7. The summed E-state index contributed by atoms with van der Waals surface area (Å²) in [5, 5.41) is 0. The zero-order valence-corrected chi connectivity index (χ0v) is 15.1. The van der Waals surface area contributed by atoms with E-state index in [9.17, 15) is 4.79 Å². The van der Waals surface area contributed by atoms with Gasteiger partial charge in [-0.15, -0.1) is 0 Å². The van der Waals surface area contributed by atoms with Gasteiger partial charge in [-0.2, -0.15) is 0 Å². The average molecular weight is 331 g/mol. The van der Waals surface area contributed by atoms with E-state index in [-0.39, 0.29) is 5.91 Å². The van der Waals surface area contributed by atoms with E-state index >= 15 is 0 Å². The Hall–Kier alpha value is -1.97. The quantitative estimate of drug-likeness (QED) is 0.700. The molecule has 2 rings (SSSR count). The smallest absolute Gasteiger partial charge is 0.246 e. The van der Waals surface area contributed by atoms with Crippen LogP contribution in [0.3, 0.4) is 0 Å². The second-order valence-electron chi connectivity index (χ2n) is 6.09. The number of carbonyl (C=O) groups excluding carboxylic acids is 1. The van der Waals surface area contributed by atoms with Gasteiger partial charge in [0.25, 0.3) is 0 Å². The van der Waals surface area contributed by atoms with E-state index in [1.807, 2.05) is 36.1 Å². The van der Waals surface area contributed by atoms with Crippen LogP contribution < -0.4 is 9.47 Å². The minimum absolute atomic E-state index is 0.0955. The summed E-state index contributed by atoms with van der Waals surface area (Å²) in [5.41, 5.74) is 0.937. The Labute approximate surface area is 145 Å². The molecule has 1 fully saturated rings. The van der Waals surface area contributed by atoms with Crippen molar-refractivity contribution in [3.05, 3.63) is 29.8 Å². The highest BCUT2D eigenvalue weighted by Gasteiger charge is 2.22. The first kappa shape index (κ1) is 18.4. The van der Waals surface area contributed by atoms with E-state index in [1.54, 1.807) is 13.2 Å². The fourth-order valence-electron chi connectivity index (χ4n) is 3.32. The van der Waals surface area contributed by atoms with Crippen LogP contribution in [0, 0.1) is 0 Å². The Balaban J connectivity index is 2.07. The number of ether oxygens (including phenoxy) is 2. The van der Waals surface area contributed by atoms with Crippen molar-refractivity contribution >= 4 is 12.0 Å². The molecular weight excluding hydrogens is 302 g/mol. The maximum Gasteiger partial charge on any atom is 0.246 e. The topological polar surface area (TPSA) is 38.8 Å². The van der Waals surface area contributed by atoms with Crippen molar-refractivity contribution in [3.63, 3.8) is 0 Å². The van der Waals surface area contributed by atoms with Crippen LogP contribution in [0.2, 0.25) is 0 Å². The van der Waals surface area contributed by atoms with E-state index in [0.29, 0.717) is 24.1 Å². The highest BCUT2D eigenvalue weighted by atomic mass is 16.5. The molecule has 0 radical (unpaired) electrons. The summed E-state index contributed by atoms with van der Waals surface area (Å²) in [7, 11) is 1.63. The standard InChI is InChI=1S/C20H29NO3/c1-4-21(17-9-7-6-8-10-17)20(22)14-12-16-11-13-18(23-3)19(15-16)24-5-2/h11-15,17H,4-10H2,1-3H3/b14-12+. The molecule has 0 heterocycles. The minimum Gasteiger partial charge on any atom is -0.493 e. The molecule has 1 amide bonds. The summed E-state index contributed by atoms with van der Waals surface area (Å²) in [6.07, 6.45) is 9.55. The van der Waals surface area contributed by atoms with Gasteiger partial charge in [0.2, 0.25) is 5.91 Å². The average Bonchev–Trinajstić information content (AvgIpc) is 2.62. The zero-order chi connectivity index (χ0) is 17.4. The predicted octanol–water partition coefficient (Wildman–Crippen LogP) is 4.29. The van der Waals surface area contributed by atoms with Gasteiger partial charge >= 0.3 is 0 Å². The van der Waals surface area contributed by atoms with E-state index in [2.05, 4.69) is 6.92 Å². The van der Waals surface area contributed by atoms with Gasteiger partial charge in [0.05, 0.1) is 13.7 Å². The van der Waals surface area contributed by atoms with Crippen molar-refractivity contribution in [3.8, 4) is 11.5 Å². The van der Waals surface area contributed by atoms with Gasteiger partial charge in [-0.25, -0.2) is 0 Å². The Morgan fingerprint density at radius 2 is 1.96 bits per heavy atom. The van der Waals surface area contributed by atoms with Crippen LogP contribution in [0.25, 0.3) is 6.08 Å². The number of hydrogen-bond acceptors (Lipinski definition) is 3. The van der Waals surface area contributed by atoms with Crippen LogP contribution in [0.1, 0.15) is 51.5 Å². The summed E-state index contributed by atoms with van der Waals surface area (Å²) >= 11 is 0. The molecule has 1 aliphatic carbocycles. The molecule has 0 aliphatic heterocycles. The van der Waals surface area contributed by atoms with Crippen LogP contribution in [0.4, 0.5) is 0 Å². The SMILES string of the molecule is CCOc1cc(/C=C/C(=O)N(CC)C2CCCCC2)ccc1OC. The molecule has 0 saturated heterocycles. The van der Waals surface area contributed by atoms with Crippen LogP contribution in [0.5, 0.6) is 11.5 Å². The van der Waals surface area contributed by atoms with E-state index in [4.69, 9.17) is 9.47 Å². The van der Waals surface area contributed by atoms with Gasteiger partial charge in [0.15, 0.2) is 11.5 Å². The lowest BCUT2D eigenvalue weighted by Crippen LogP contribution is -2.40. The number of nitrogens with zero attached hydrogens (tertiary/aromatic N) is 1. The van der Waals surface area contributed by atoms with Crippen molar-refractivity contribution in [2.45, 2.75) is 52.0 Å². The third-order valence-electron chi connectivity index (χ3n) is 4.55. The Morgan fingerprint density at radius 3 is 2.58 bits per heavy atom. The first-order valence-electron chi connectivity index (χ1n) is 8.99. The van der Waals surface area contributed by atoms with Gasteiger partial charge in [0.1, 0.15) is 0 Å². The molecule has 0 N–H and O–H groups in total. The predicted molar refractivity (Wildman–Crippen MR) is 97.5 cm³/mol. The third-order valence-corrected chi connectivity index (χ3v) is 4.55. The monoisotopic (exact) mass is 331 g/mol. The summed E-state index contributed by atoms with van der Waals surface area (Å²) in [6, 6.07) is 6.11. The lowest BCUT2D eigenvalue weighted by Gasteiger charge is -2.32. The molecular formula is C20H29NO3. The van der Waals surface area contributed by atoms with Gasteiger partial charge in [-0.1, -0.05) is 25.3 Å². The van der Waals surface area contributed by atoms with Gasteiger partial charge in [0, 0.05) is 18.7 Å². The first-order valence-corrected chi connectivity index (χ1v) is 8.99. The molecule has 1 aromatic carbocycles. The number of likely N-dealkylation sites (N-methyl/N-ethyl adjacent to an activating group) is 1. The summed E-state index contributed by atoms with van der Waals surface area (Å²) in [6.45, 7) is 5.34. The molecule has 1 saturated carbocycles. The van der Waals surface area contributed by atoms with Crippen molar-refractivity contribution in [1.29, 1.82) is 0 Å². The largest absolute Gasteiger partial charge is 0.493 e. The van der Waals surface area contributed by atoms with Crippen molar-refractivity contribution in [2.24, 2.45) is 0 Å². The van der Waals surface area contributed by atoms with Gasteiger partial charge in [-0.3, -0.25) is 4.79 Å². The molecule has 0 spiro atoms. The van der Waals surface area contributed by atoms with Crippen LogP contribution in [-0.2, 0) is 4.79 Å². The maximum absolute atomic E-state index is 12.6. The van der Waals surface area contributed by atoms with Crippen molar-refractivity contribution in [1.82, 2.24) is 4.90 Å². The summed E-state index contributed by atoms with van der Waals surface area (Å²) < 4.78 is 10.9. The lowest BCUT2D eigenvalue weighted by atomic mass is 9.94. The zero-order valence-electron chi connectivity index (χ0n) is 15.1. The minimum atomic E-state index is 0.0955. The van der Waals surface area contributed by atoms with Gasteiger partial charge in [-0.05, 0) is 50.5 Å². The molecule has 0 bridgehead atoms. The number of amides is 1. The molecule has 4 heteroatoms. The summed E-state index contributed by atoms with van der Waals surface area (Å²) in [4.78, 5) is 14.6. The second kappa shape index (κ2) is 9.36. The third kappa shape index (κ3) is 4.76. The van der Waals surface area contributed by atoms with Crippen LogP contribution in [-0.4, -0.2) is 37.1 Å². The Kier molecular flexibility index (Phi) is 7.16. The highest BCUT2D eigenvalue weighted by molar-refractivity contribution is 5.92. The lowest BCUT2D eigenvalue weighted by molar-refractivity contribution is -0.128. The van der Waals surface area contributed by atoms with E-state index in [0.717, 1.165) is 24.9 Å². The number of benzene rings is 1. The molecule has 0 unspecified atom stereocenters. The number of rotatable bonds is 7. The second-order valence-corrected chi connectivity index (χ2v) is 6.09. The molecule has 132 valence electrons. The van der Waals surface area contributed by atoms with Crippen LogP contribution >= 0.6 is 0 Å². The number of methoxy groups -OCH3 is 1. The maximum atomic E-state index is 12.6. The Morgan fingerprint density at radius 1 is 1.21 bits per heavy atom. The highest BCUT2D eigenvalue weighted by Crippen LogP contribution is 2.28. The molecule has 4 nitrogen and oxygen atoms in total. The normalized spacial score (nSPS) is 15.5. The number of carbonyl (C=O) groups is 1. The fourth-order valence-corrected chi connectivity index (χ4v) is 3.32. The van der Waals surface area contributed by atoms with Crippen LogP contribution in [0.15, 0.2) is 24.3 Å².